The van der Waals surface area contributed by atoms with Crippen LogP contribution in [-0.4, -0.2) is 68.8 Å². The van der Waals surface area contributed by atoms with Crippen molar-refractivity contribution in [3.8, 4) is 0 Å². The van der Waals surface area contributed by atoms with Gasteiger partial charge in [-0.05, 0) is 25.5 Å². The van der Waals surface area contributed by atoms with Crippen LogP contribution in [-0.2, 0) is 24.2 Å². The molecule has 27 heavy (non-hydrogen) atoms. The molecule has 0 saturated carbocycles. The average molecular weight is 396 g/mol. The molecule has 0 aliphatic carbocycles. The van der Waals surface area contributed by atoms with Crippen molar-refractivity contribution in [1.29, 1.82) is 0 Å². The maximum atomic E-state index is 12.7. The molecule has 0 radical (unpaired) electrons. The maximum Gasteiger partial charge on any atom is 0.340 e. The van der Waals surface area contributed by atoms with Gasteiger partial charge < -0.3 is 14.5 Å². The number of benzene rings is 1. The third-order valence-electron chi connectivity index (χ3n) is 4.51. The maximum absolute atomic E-state index is 12.7. The van der Waals surface area contributed by atoms with Crippen molar-refractivity contribution in [1.82, 2.24) is 4.90 Å². The highest BCUT2D eigenvalue weighted by Gasteiger charge is 2.33. The van der Waals surface area contributed by atoms with Crippen LogP contribution in [0.4, 0.5) is 5.69 Å². The molecule has 2 rings (SSSR count). The zero-order valence-corrected chi connectivity index (χ0v) is 16.5. The Kier molecular flexibility index (Phi) is 6.59. The molecule has 1 atom stereocenters. The topological polar surface area (TPSA) is 101 Å². The van der Waals surface area contributed by atoms with Crippen molar-refractivity contribution in [2.75, 3.05) is 36.6 Å². The van der Waals surface area contributed by atoms with Crippen LogP contribution in [0.5, 0.6) is 0 Å². The number of esters is 1. The summed E-state index contributed by atoms with van der Waals surface area (Å²) in [5.74, 6) is -1.41. The van der Waals surface area contributed by atoms with Crippen molar-refractivity contribution in [3.05, 3.63) is 29.8 Å². The smallest absolute Gasteiger partial charge is 0.340 e. The van der Waals surface area contributed by atoms with E-state index in [-0.39, 0.29) is 35.9 Å². The summed E-state index contributed by atoms with van der Waals surface area (Å²) < 4.78 is 28.3. The molecule has 1 unspecified atom stereocenters. The Morgan fingerprint density at radius 3 is 2.44 bits per heavy atom. The summed E-state index contributed by atoms with van der Waals surface area (Å²) in [6, 6.07) is 6.00. The summed E-state index contributed by atoms with van der Waals surface area (Å²) in [5.41, 5.74) is 0.470. The number of ether oxygens (including phenoxy) is 1. The molecule has 1 fully saturated rings. The van der Waals surface area contributed by atoms with E-state index in [0.29, 0.717) is 6.42 Å². The van der Waals surface area contributed by atoms with Gasteiger partial charge in [0.15, 0.2) is 9.84 Å². The Balaban J connectivity index is 2.23. The van der Waals surface area contributed by atoms with Crippen molar-refractivity contribution >= 4 is 33.3 Å². The number of para-hydroxylation sites is 1. The van der Waals surface area contributed by atoms with Gasteiger partial charge >= 0.3 is 5.97 Å². The lowest BCUT2D eigenvalue weighted by Gasteiger charge is -2.28. The predicted octanol–water partition coefficient (Wildman–Crippen LogP) is 0.862. The minimum Gasteiger partial charge on any atom is -0.462 e. The van der Waals surface area contributed by atoms with Crippen LogP contribution in [0.15, 0.2) is 24.3 Å². The SMILES string of the molecule is CCOC(=O)c1ccccc1N(CC(=O)N(C)C1CCS(=O)(=O)C1)C(C)=O. The van der Waals surface area contributed by atoms with Crippen LogP contribution in [0.2, 0.25) is 0 Å². The van der Waals surface area contributed by atoms with Gasteiger partial charge in [0.25, 0.3) is 0 Å². The Morgan fingerprint density at radius 1 is 1.22 bits per heavy atom. The van der Waals surface area contributed by atoms with Crippen LogP contribution in [0.3, 0.4) is 0 Å². The van der Waals surface area contributed by atoms with E-state index < -0.39 is 33.7 Å². The van der Waals surface area contributed by atoms with Gasteiger partial charge in [0.1, 0.15) is 6.54 Å². The molecule has 0 aromatic heterocycles. The van der Waals surface area contributed by atoms with Crippen LogP contribution < -0.4 is 4.90 Å². The van der Waals surface area contributed by atoms with E-state index in [1.807, 2.05) is 0 Å². The fourth-order valence-corrected chi connectivity index (χ4v) is 4.76. The summed E-state index contributed by atoms with van der Waals surface area (Å²) in [6.45, 7) is 2.87. The van der Waals surface area contributed by atoms with Crippen molar-refractivity contribution in [2.24, 2.45) is 0 Å². The number of anilines is 1. The molecule has 8 nitrogen and oxygen atoms in total. The monoisotopic (exact) mass is 396 g/mol. The molecular formula is C18H24N2O6S. The standard InChI is InChI=1S/C18H24N2O6S/c1-4-26-18(23)15-7-5-6-8-16(15)20(13(2)21)11-17(22)19(3)14-9-10-27(24,25)12-14/h5-8,14H,4,9-12H2,1-3H3. The van der Waals surface area contributed by atoms with Gasteiger partial charge in [-0.25, -0.2) is 13.2 Å². The zero-order chi connectivity index (χ0) is 20.2. The lowest BCUT2D eigenvalue weighted by Crippen LogP contribution is -2.45. The molecular weight excluding hydrogens is 372 g/mol. The second-order valence-corrected chi connectivity index (χ2v) is 8.63. The van der Waals surface area contributed by atoms with Gasteiger partial charge in [0, 0.05) is 20.0 Å². The third kappa shape index (κ3) is 5.06. The van der Waals surface area contributed by atoms with Crippen molar-refractivity contribution in [2.45, 2.75) is 26.3 Å². The quantitative estimate of drug-likeness (QED) is 0.661. The van der Waals surface area contributed by atoms with E-state index in [0.717, 1.165) is 0 Å². The number of amides is 2. The van der Waals surface area contributed by atoms with Crippen LogP contribution in [0, 0.1) is 0 Å². The molecule has 1 aliphatic heterocycles. The van der Waals surface area contributed by atoms with Crippen molar-refractivity contribution in [3.63, 3.8) is 0 Å². The van der Waals surface area contributed by atoms with Crippen molar-refractivity contribution < 1.29 is 27.5 Å². The largest absolute Gasteiger partial charge is 0.462 e. The zero-order valence-electron chi connectivity index (χ0n) is 15.7. The van der Waals surface area contributed by atoms with E-state index in [1.54, 1.807) is 25.1 Å². The fourth-order valence-electron chi connectivity index (χ4n) is 2.99. The predicted molar refractivity (Wildman–Crippen MR) is 100 cm³/mol. The number of hydrogen-bond donors (Lipinski definition) is 0. The molecule has 1 aliphatic rings. The molecule has 2 amide bonds. The molecule has 1 heterocycles. The van der Waals surface area contributed by atoms with E-state index in [1.165, 1.54) is 29.8 Å². The summed E-state index contributed by atoms with van der Waals surface area (Å²) in [7, 11) is -1.60. The second-order valence-electron chi connectivity index (χ2n) is 6.40. The number of carbonyl (C=O) groups is 3. The Bertz CT molecular complexity index is 836. The van der Waals surface area contributed by atoms with Crippen LogP contribution in [0.1, 0.15) is 30.6 Å². The third-order valence-corrected chi connectivity index (χ3v) is 6.26. The number of nitrogens with zero attached hydrogens (tertiary/aromatic N) is 2. The molecule has 1 aromatic rings. The first-order valence-electron chi connectivity index (χ1n) is 8.66. The Labute approximate surface area is 159 Å². The Hall–Kier alpha value is -2.42. The van der Waals surface area contributed by atoms with Gasteiger partial charge in [0.05, 0.1) is 29.4 Å². The minimum atomic E-state index is -3.13. The molecule has 0 bridgehead atoms. The summed E-state index contributed by atoms with van der Waals surface area (Å²) in [6.07, 6.45) is 0.379. The summed E-state index contributed by atoms with van der Waals surface area (Å²) in [5, 5.41) is 0. The van der Waals surface area contributed by atoms with E-state index in [4.69, 9.17) is 4.74 Å². The molecule has 0 spiro atoms. The minimum absolute atomic E-state index is 0.0530. The summed E-state index contributed by atoms with van der Waals surface area (Å²) >= 11 is 0. The van der Waals surface area contributed by atoms with E-state index in [2.05, 4.69) is 0 Å². The second kappa shape index (κ2) is 8.51. The lowest BCUT2D eigenvalue weighted by atomic mass is 10.1. The molecule has 148 valence electrons. The number of sulfone groups is 1. The number of hydrogen-bond acceptors (Lipinski definition) is 6. The number of carbonyl (C=O) groups excluding carboxylic acids is 3. The van der Waals surface area contributed by atoms with Gasteiger partial charge in [0.2, 0.25) is 11.8 Å². The lowest BCUT2D eigenvalue weighted by molar-refractivity contribution is -0.131. The normalized spacial score (nSPS) is 18.0. The highest BCUT2D eigenvalue weighted by Crippen LogP contribution is 2.23. The average Bonchev–Trinajstić information content (AvgIpc) is 2.98. The first-order chi connectivity index (χ1) is 12.7. The van der Waals surface area contributed by atoms with E-state index >= 15 is 0 Å². The fraction of sp³-hybridized carbons (Fsp3) is 0.500. The van der Waals surface area contributed by atoms with Gasteiger partial charge in [-0.1, -0.05) is 12.1 Å². The van der Waals surface area contributed by atoms with E-state index in [9.17, 15) is 22.8 Å². The number of likely N-dealkylation sites (N-methyl/N-ethyl adjacent to an activating group) is 1. The van der Waals surface area contributed by atoms with Gasteiger partial charge in [-0.2, -0.15) is 0 Å². The molecule has 9 heteroatoms. The summed E-state index contributed by atoms with van der Waals surface area (Å²) in [4.78, 5) is 39.6. The molecule has 1 aromatic carbocycles. The van der Waals surface area contributed by atoms with Gasteiger partial charge in [-0.3, -0.25) is 9.59 Å². The van der Waals surface area contributed by atoms with Gasteiger partial charge in [-0.15, -0.1) is 0 Å². The molecule has 0 N–H and O–H groups in total. The highest BCUT2D eigenvalue weighted by molar-refractivity contribution is 7.91. The van der Waals surface area contributed by atoms with Crippen LogP contribution >= 0.6 is 0 Å². The first-order valence-corrected chi connectivity index (χ1v) is 10.5. The Morgan fingerprint density at radius 2 is 1.89 bits per heavy atom. The highest BCUT2D eigenvalue weighted by atomic mass is 32.2. The molecule has 1 saturated heterocycles. The number of rotatable bonds is 6. The van der Waals surface area contributed by atoms with Crippen LogP contribution in [0.25, 0.3) is 0 Å². The first kappa shape index (κ1) is 20.9.